The van der Waals surface area contributed by atoms with E-state index in [0.717, 1.165) is 22.9 Å². The Labute approximate surface area is 148 Å². The SMILES string of the molecule is O=C(O)C1CCCC(C(=O)NCc2cc(Br)c3c(c2)OCCO3)C1. The van der Waals surface area contributed by atoms with Gasteiger partial charge in [0.25, 0.3) is 0 Å². The number of hydrogen-bond acceptors (Lipinski definition) is 4. The molecule has 0 bridgehead atoms. The molecule has 2 unspecified atom stereocenters. The van der Waals surface area contributed by atoms with Gasteiger partial charge in [0.2, 0.25) is 5.91 Å². The van der Waals surface area contributed by atoms with Crippen molar-refractivity contribution in [3.05, 3.63) is 22.2 Å². The summed E-state index contributed by atoms with van der Waals surface area (Å²) in [5.74, 6) is -0.148. The van der Waals surface area contributed by atoms with Gasteiger partial charge in [-0.3, -0.25) is 9.59 Å². The van der Waals surface area contributed by atoms with Crippen molar-refractivity contribution >= 4 is 27.8 Å². The van der Waals surface area contributed by atoms with Gasteiger partial charge in [0.05, 0.1) is 10.4 Å². The molecule has 1 aliphatic carbocycles. The molecule has 2 atom stereocenters. The first kappa shape index (κ1) is 17.1. The van der Waals surface area contributed by atoms with Gasteiger partial charge in [0.15, 0.2) is 11.5 Å². The lowest BCUT2D eigenvalue weighted by Crippen LogP contribution is -2.35. The fourth-order valence-electron chi connectivity index (χ4n) is 3.25. The third-order valence-electron chi connectivity index (χ3n) is 4.52. The average Bonchev–Trinajstić information content (AvgIpc) is 2.60. The maximum atomic E-state index is 12.3. The monoisotopic (exact) mass is 397 g/mol. The lowest BCUT2D eigenvalue weighted by molar-refractivity contribution is -0.144. The van der Waals surface area contributed by atoms with Gasteiger partial charge in [-0.1, -0.05) is 6.42 Å². The van der Waals surface area contributed by atoms with Crippen LogP contribution in [0.3, 0.4) is 0 Å². The van der Waals surface area contributed by atoms with E-state index < -0.39 is 11.9 Å². The van der Waals surface area contributed by atoms with Crippen LogP contribution in [-0.2, 0) is 16.1 Å². The second-order valence-electron chi connectivity index (χ2n) is 6.22. The van der Waals surface area contributed by atoms with Crippen molar-refractivity contribution in [1.29, 1.82) is 0 Å². The van der Waals surface area contributed by atoms with Crippen molar-refractivity contribution in [3.63, 3.8) is 0 Å². The van der Waals surface area contributed by atoms with Gasteiger partial charge in [-0.05, 0) is 52.9 Å². The van der Waals surface area contributed by atoms with E-state index in [1.54, 1.807) is 0 Å². The summed E-state index contributed by atoms with van der Waals surface area (Å²) >= 11 is 3.46. The van der Waals surface area contributed by atoms with Crippen LogP contribution in [0.4, 0.5) is 0 Å². The number of amides is 1. The molecule has 1 aliphatic heterocycles. The van der Waals surface area contributed by atoms with Crippen LogP contribution in [0.15, 0.2) is 16.6 Å². The van der Waals surface area contributed by atoms with E-state index in [1.807, 2.05) is 12.1 Å². The fraction of sp³-hybridized carbons (Fsp3) is 0.529. The van der Waals surface area contributed by atoms with E-state index in [-0.39, 0.29) is 11.8 Å². The van der Waals surface area contributed by atoms with Gasteiger partial charge in [-0.15, -0.1) is 0 Å². The third kappa shape index (κ3) is 3.83. The Balaban J connectivity index is 1.60. The summed E-state index contributed by atoms with van der Waals surface area (Å²) in [6, 6.07) is 3.76. The zero-order chi connectivity index (χ0) is 17.1. The molecule has 0 saturated heterocycles. The minimum atomic E-state index is -0.803. The smallest absolute Gasteiger partial charge is 0.306 e. The Bertz CT molecular complexity index is 648. The lowest BCUT2D eigenvalue weighted by Gasteiger charge is -2.26. The van der Waals surface area contributed by atoms with Crippen LogP contribution < -0.4 is 14.8 Å². The first-order valence-electron chi connectivity index (χ1n) is 8.13. The Morgan fingerprint density at radius 1 is 1.21 bits per heavy atom. The highest BCUT2D eigenvalue weighted by molar-refractivity contribution is 9.10. The van der Waals surface area contributed by atoms with Gasteiger partial charge in [-0.25, -0.2) is 0 Å². The first-order valence-corrected chi connectivity index (χ1v) is 8.92. The van der Waals surface area contributed by atoms with Crippen molar-refractivity contribution in [2.75, 3.05) is 13.2 Å². The maximum absolute atomic E-state index is 12.3. The molecule has 24 heavy (non-hydrogen) atoms. The molecule has 7 heteroatoms. The minimum absolute atomic E-state index is 0.0769. The fourth-order valence-corrected chi connectivity index (χ4v) is 3.86. The highest BCUT2D eigenvalue weighted by Gasteiger charge is 2.30. The quantitative estimate of drug-likeness (QED) is 0.815. The van der Waals surface area contributed by atoms with Crippen LogP contribution >= 0.6 is 15.9 Å². The van der Waals surface area contributed by atoms with Crippen LogP contribution in [0.25, 0.3) is 0 Å². The lowest BCUT2D eigenvalue weighted by atomic mass is 9.81. The summed E-state index contributed by atoms with van der Waals surface area (Å²) in [5.41, 5.74) is 0.907. The van der Waals surface area contributed by atoms with Gasteiger partial charge in [0, 0.05) is 12.5 Å². The molecule has 1 aromatic rings. The summed E-state index contributed by atoms with van der Waals surface area (Å²) in [7, 11) is 0. The number of halogens is 1. The van der Waals surface area contributed by atoms with Crippen LogP contribution in [0.2, 0.25) is 0 Å². The zero-order valence-corrected chi connectivity index (χ0v) is 14.8. The molecule has 0 aromatic heterocycles. The molecule has 1 saturated carbocycles. The van der Waals surface area contributed by atoms with Gasteiger partial charge < -0.3 is 19.9 Å². The molecular weight excluding hydrogens is 378 g/mol. The van der Waals surface area contributed by atoms with E-state index in [4.69, 9.17) is 14.6 Å². The number of carboxylic acids is 1. The summed E-state index contributed by atoms with van der Waals surface area (Å²) in [4.78, 5) is 23.5. The van der Waals surface area contributed by atoms with E-state index >= 15 is 0 Å². The van der Waals surface area contributed by atoms with Crippen molar-refractivity contribution in [2.24, 2.45) is 11.8 Å². The Hall–Kier alpha value is -1.76. The van der Waals surface area contributed by atoms with Gasteiger partial charge in [0.1, 0.15) is 13.2 Å². The highest BCUT2D eigenvalue weighted by Crippen LogP contribution is 2.38. The Morgan fingerprint density at radius 2 is 1.96 bits per heavy atom. The zero-order valence-electron chi connectivity index (χ0n) is 13.2. The summed E-state index contributed by atoms with van der Waals surface area (Å²) < 4.78 is 11.9. The van der Waals surface area contributed by atoms with Crippen molar-refractivity contribution < 1.29 is 24.2 Å². The second-order valence-corrected chi connectivity index (χ2v) is 7.07. The Kier molecular flexibility index (Phi) is 5.28. The van der Waals surface area contributed by atoms with Crippen LogP contribution in [-0.4, -0.2) is 30.2 Å². The molecule has 1 fully saturated rings. The molecule has 1 heterocycles. The number of aliphatic carboxylic acids is 1. The number of benzene rings is 1. The van der Waals surface area contributed by atoms with Crippen molar-refractivity contribution in [1.82, 2.24) is 5.32 Å². The number of hydrogen-bond donors (Lipinski definition) is 2. The minimum Gasteiger partial charge on any atom is -0.486 e. The summed E-state index contributed by atoms with van der Waals surface area (Å²) in [5, 5.41) is 12.0. The topological polar surface area (TPSA) is 84.9 Å². The molecule has 130 valence electrons. The van der Waals surface area contributed by atoms with Crippen molar-refractivity contribution in [2.45, 2.75) is 32.2 Å². The van der Waals surface area contributed by atoms with Gasteiger partial charge >= 0.3 is 5.97 Å². The van der Waals surface area contributed by atoms with Crippen molar-refractivity contribution in [3.8, 4) is 11.5 Å². The summed E-state index contributed by atoms with van der Waals surface area (Å²) in [6.07, 6.45) is 2.62. The van der Waals surface area contributed by atoms with E-state index in [0.29, 0.717) is 44.1 Å². The highest BCUT2D eigenvalue weighted by atomic mass is 79.9. The first-order chi connectivity index (χ1) is 11.5. The molecule has 2 aliphatic rings. The molecule has 0 radical (unpaired) electrons. The van der Waals surface area contributed by atoms with Gasteiger partial charge in [-0.2, -0.15) is 0 Å². The second kappa shape index (κ2) is 7.42. The molecule has 6 nitrogen and oxygen atoms in total. The standard InChI is InChI=1S/C17H20BrNO5/c18-13-6-10(7-14-15(13)24-5-4-23-14)9-19-16(20)11-2-1-3-12(8-11)17(21)22/h6-7,11-12H,1-5,8-9H2,(H,19,20)(H,21,22). The molecule has 1 aromatic carbocycles. The van der Waals surface area contributed by atoms with Crippen LogP contribution in [0.5, 0.6) is 11.5 Å². The number of carboxylic acid groups (broad SMARTS) is 1. The molecular formula is C17H20BrNO5. The molecule has 1 amide bonds. The molecule has 3 rings (SSSR count). The predicted octanol–water partition coefficient (Wildman–Crippen LogP) is 2.73. The normalized spacial score (nSPS) is 22.7. The third-order valence-corrected chi connectivity index (χ3v) is 5.11. The predicted molar refractivity (Wildman–Crippen MR) is 90.1 cm³/mol. The number of ether oxygens (including phenoxy) is 2. The number of carbonyl (C=O) groups excluding carboxylic acids is 1. The van der Waals surface area contributed by atoms with E-state index in [9.17, 15) is 9.59 Å². The maximum Gasteiger partial charge on any atom is 0.306 e. The largest absolute Gasteiger partial charge is 0.486 e. The average molecular weight is 398 g/mol. The number of rotatable bonds is 4. The number of carbonyl (C=O) groups is 2. The van der Waals surface area contributed by atoms with E-state index in [1.165, 1.54) is 0 Å². The number of fused-ring (bicyclic) bond motifs is 1. The Morgan fingerprint density at radius 3 is 2.75 bits per heavy atom. The van der Waals surface area contributed by atoms with E-state index in [2.05, 4.69) is 21.2 Å². The summed E-state index contributed by atoms with van der Waals surface area (Å²) in [6.45, 7) is 1.41. The van der Waals surface area contributed by atoms with Crippen LogP contribution in [0.1, 0.15) is 31.2 Å². The van der Waals surface area contributed by atoms with Crippen LogP contribution in [0, 0.1) is 11.8 Å². The molecule has 2 N–H and O–H groups in total. The molecule has 0 spiro atoms. The number of nitrogens with one attached hydrogen (secondary N) is 1.